The largest absolute Gasteiger partial charge is 0.462 e. The highest BCUT2D eigenvalue weighted by Crippen LogP contribution is 2.37. The van der Waals surface area contributed by atoms with E-state index in [2.05, 4.69) is 88.4 Å². The lowest BCUT2D eigenvalue weighted by atomic mass is 9.92. The van der Waals surface area contributed by atoms with E-state index < -0.39 is 8.32 Å². The molecule has 1 aliphatic heterocycles. The van der Waals surface area contributed by atoms with Crippen LogP contribution in [0.25, 0.3) is 0 Å². The van der Waals surface area contributed by atoms with E-state index in [9.17, 15) is 4.79 Å². The number of benzene rings is 2. The lowest BCUT2D eigenvalue weighted by Crippen LogP contribution is -2.66. The molecule has 6 nitrogen and oxygen atoms in total. The number of carbonyl (C=O) groups is 1. The smallest absolute Gasteiger partial charge is 0.309 e. The second-order valence-electron chi connectivity index (χ2n) is 13.1. The third-order valence-corrected chi connectivity index (χ3v) is 14.1. The molecule has 0 radical (unpaired) electrons. The van der Waals surface area contributed by atoms with Crippen molar-refractivity contribution >= 4 is 24.7 Å². The zero-order chi connectivity index (χ0) is 31.3. The Morgan fingerprint density at radius 3 is 1.91 bits per heavy atom. The minimum atomic E-state index is -2.61. The van der Waals surface area contributed by atoms with E-state index in [0.29, 0.717) is 25.9 Å². The first kappa shape index (κ1) is 35.4. The molecule has 0 amide bonds. The van der Waals surface area contributed by atoms with E-state index >= 15 is 0 Å². The standard InChI is InChI=1S/C36H56O6Si/c1-8-9-12-17-29(38-5)26-31(40-7)24-28-25-32(42-35(28)37)27-30(39-6)22-23-41-43(36(2,3)4,33-18-13-10-14-19-33)34-20-15-11-16-21-34/h10-11,13-16,18-21,28-32H,8-9,12,17,22-27H2,1-7H3/t28-,29-,30+,31+,32-/m1/s1. The molecule has 1 saturated heterocycles. The van der Waals surface area contributed by atoms with E-state index in [1.807, 2.05) is 0 Å². The molecule has 0 saturated carbocycles. The van der Waals surface area contributed by atoms with Gasteiger partial charge in [0.15, 0.2) is 0 Å². The number of esters is 1. The van der Waals surface area contributed by atoms with Gasteiger partial charge < -0.3 is 23.4 Å². The van der Waals surface area contributed by atoms with Crippen LogP contribution in [0.1, 0.15) is 85.5 Å². The molecule has 1 aliphatic rings. The molecule has 1 heterocycles. The van der Waals surface area contributed by atoms with Gasteiger partial charge in [-0.15, -0.1) is 0 Å². The quantitative estimate of drug-likeness (QED) is 0.100. The van der Waals surface area contributed by atoms with Crippen LogP contribution in [-0.4, -0.2) is 66.6 Å². The van der Waals surface area contributed by atoms with Gasteiger partial charge in [0.05, 0.1) is 24.2 Å². The minimum Gasteiger partial charge on any atom is -0.462 e. The number of carbonyl (C=O) groups excluding carboxylic acids is 1. The fourth-order valence-corrected chi connectivity index (χ4v) is 11.2. The van der Waals surface area contributed by atoms with Crippen molar-refractivity contribution in [2.75, 3.05) is 27.9 Å². The van der Waals surface area contributed by atoms with Crippen LogP contribution in [0.5, 0.6) is 0 Å². The highest BCUT2D eigenvalue weighted by atomic mass is 28.4. The van der Waals surface area contributed by atoms with Crippen molar-refractivity contribution in [2.45, 2.75) is 115 Å². The van der Waals surface area contributed by atoms with E-state index in [-0.39, 0.29) is 41.3 Å². The molecule has 2 aromatic carbocycles. The Bertz CT molecular complexity index is 1020. The van der Waals surface area contributed by atoms with Gasteiger partial charge in [-0.25, -0.2) is 0 Å². The van der Waals surface area contributed by atoms with Gasteiger partial charge in [0.2, 0.25) is 0 Å². The lowest BCUT2D eigenvalue weighted by molar-refractivity contribution is -0.146. The second kappa shape index (κ2) is 17.5. The fourth-order valence-electron chi connectivity index (χ4n) is 6.64. The Kier molecular flexibility index (Phi) is 14.4. The highest BCUT2D eigenvalue weighted by Gasteiger charge is 2.50. The lowest BCUT2D eigenvalue weighted by Gasteiger charge is -2.43. The third-order valence-electron chi connectivity index (χ3n) is 9.07. The maximum Gasteiger partial charge on any atom is 0.309 e. The van der Waals surface area contributed by atoms with Gasteiger partial charge in [0.25, 0.3) is 8.32 Å². The SMILES string of the molecule is CCCCC[C@H](C[C@H](C[C@@H]1C[C@H](C[C@H](CCO[Si](c2ccccc2)(c2ccccc2)C(C)(C)C)OC)OC1=O)OC)OC. The number of rotatable bonds is 19. The maximum atomic E-state index is 12.9. The number of unbranched alkanes of at least 4 members (excludes halogenated alkanes) is 2. The van der Waals surface area contributed by atoms with E-state index in [0.717, 1.165) is 25.7 Å². The van der Waals surface area contributed by atoms with Crippen molar-refractivity contribution in [3.8, 4) is 0 Å². The molecule has 43 heavy (non-hydrogen) atoms. The van der Waals surface area contributed by atoms with Crippen LogP contribution in [0.3, 0.4) is 0 Å². The number of hydrogen-bond donors (Lipinski definition) is 0. The third kappa shape index (κ3) is 9.73. The predicted octanol–water partition coefficient (Wildman–Crippen LogP) is 6.68. The maximum absolute atomic E-state index is 12.9. The Balaban J connectivity index is 1.61. The molecule has 7 heteroatoms. The van der Waals surface area contributed by atoms with Crippen LogP contribution in [-0.2, 0) is 28.2 Å². The summed E-state index contributed by atoms with van der Waals surface area (Å²) in [5.74, 6) is -0.278. The molecular weight excluding hydrogens is 556 g/mol. The molecule has 240 valence electrons. The molecule has 0 aliphatic carbocycles. The first-order valence-electron chi connectivity index (χ1n) is 16.2. The van der Waals surface area contributed by atoms with Gasteiger partial charge in [-0.1, -0.05) is 108 Å². The normalized spacial score (nSPS) is 19.7. The Hall–Kier alpha value is -2.03. The van der Waals surface area contributed by atoms with Crippen molar-refractivity contribution in [1.82, 2.24) is 0 Å². The zero-order valence-corrected chi connectivity index (χ0v) is 28.7. The number of hydrogen-bond acceptors (Lipinski definition) is 6. The summed E-state index contributed by atoms with van der Waals surface area (Å²) in [6, 6.07) is 21.4. The molecule has 0 aromatic heterocycles. The fraction of sp³-hybridized carbons (Fsp3) is 0.639. The van der Waals surface area contributed by atoms with Gasteiger partial charge in [-0.3, -0.25) is 4.79 Å². The summed E-state index contributed by atoms with van der Waals surface area (Å²) < 4.78 is 30.4. The second-order valence-corrected chi connectivity index (χ2v) is 17.4. The van der Waals surface area contributed by atoms with E-state index in [1.165, 1.54) is 23.2 Å². The molecule has 5 atom stereocenters. The summed E-state index contributed by atoms with van der Waals surface area (Å²) in [5, 5.41) is 2.45. The van der Waals surface area contributed by atoms with Gasteiger partial charge in [0.1, 0.15) is 6.10 Å². The summed E-state index contributed by atoms with van der Waals surface area (Å²) >= 11 is 0. The van der Waals surface area contributed by atoms with Crippen LogP contribution in [0.15, 0.2) is 60.7 Å². The Morgan fingerprint density at radius 2 is 1.40 bits per heavy atom. The number of cyclic esters (lactones) is 1. The van der Waals surface area contributed by atoms with Crippen LogP contribution in [0.2, 0.25) is 5.04 Å². The molecular formula is C36H56O6Si. The highest BCUT2D eigenvalue weighted by molar-refractivity contribution is 6.99. The molecule has 1 fully saturated rings. The molecule has 0 bridgehead atoms. The number of ether oxygens (including phenoxy) is 4. The topological polar surface area (TPSA) is 63.2 Å². The van der Waals surface area contributed by atoms with Crippen LogP contribution in [0, 0.1) is 5.92 Å². The van der Waals surface area contributed by atoms with Crippen molar-refractivity contribution in [3.63, 3.8) is 0 Å². The van der Waals surface area contributed by atoms with Crippen LogP contribution >= 0.6 is 0 Å². The summed E-state index contributed by atoms with van der Waals surface area (Å²) in [5.41, 5.74) is 0. The Morgan fingerprint density at radius 1 is 0.814 bits per heavy atom. The first-order valence-corrected chi connectivity index (χ1v) is 18.1. The van der Waals surface area contributed by atoms with Crippen molar-refractivity contribution < 1.29 is 28.2 Å². The van der Waals surface area contributed by atoms with E-state index in [1.54, 1.807) is 21.3 Å². The van der Waals surface area contributed by atoms with Crippen molar-refractivity contribution in [1.29, 1.82) is 0 Å². The summed E-state index contributed by atoms with van der Waals surface area (Å²) in [6.07, 6.45) is 8.02. The summed E-state index contributed by atoms with van der Waals surface area (Å²) in [7, 11) is 2.63. The van der Waals surface area contributed by atoms with Crippen LogP contribution in [0.4, 0.5) is 0 Å². The van der Waals surface area contributed by atoms with Gasteiger partial charge >= 0.3 is 5.97 Å². The molecule has 0 spiro atoms. The van der Waals surface area contributed by atoms with E-state index in [4.69, 9.17) is 23.4 Å². The van der Waals surface area contributed by atoms with Crippen LogP contribution < -0.4 is 10.4 Å². The first-order chi connectivity index (χ1) is 20.7. The zero-order valence-electron chi connectivity index (χ0n) is 27.7. The monoisotopic (exact) mass is 612 g/mol. The minimum absolute atomic E-state index is 0.0269. The summed E-state index contributed by atoms with van der Waals surface area (Å²) in [4.78, 5) is 12.9. The molecule has 3 rings (SSSR count). The Labute approximate surface area is 261 Å². The van der Waals surface area contributed by atoms with Gasteiger partial charge in [-0.2, -0.15) is 0 Å². The number of methoxy groups -OCH3 is 3. The van der Waals surface area contributed by atoms with Crippen molar-refractivity contribution in [3.05, 3.63) is 60.7 Å². The van der Waals surface area contributed by atoms with Gasteiger partial charge in [0, 0.05) is 34.4 Å². The molecule has 0 unspecified atom stereocenters. The van der Waals surface area contributed by atoms with Gasteiger partial charge in [-0.05, 0) is 47.5 Å². The molecule has 0 N–H and O–H groups in total. The predicted molar refractivity (Wildman–Crippen MR) is 177 cm³/mol. The average molecular weight is 613 g/mol. The summed E-state index contributed by atoms with van der Waals surface area (Å²) in [6.45, 7) is 9.65. The van der Waals surface area contributed by atoms with Crippen molar-refractivity contribution in [2.24, 2.45) is 5.92 Å². The average Bonchev–Trinajstić information content (AvgIpc) is 3.35. The molecule has 2 aromatic rings.